The molecular weight excluding hydrogens is 276 g/mol. The normalized spacial score (nSPS) is 30.5. The standard InChI is InChI=1S/C15H21BrO/c1-3-5-7-10-13-11-8-6-9-12-14(16)15(4-2)17-13/h1,5,7,9,12-15H,4,6,8,10-11H2,2H3. The molecule has 1 heterocycles. The van der Waals surface area contributed by atoms with Crippen LogP contribution < -0.4 is 0 Å². The van der Waals surface area contributed by atoms with E-state index in [0.717, 1.165) is 25.7 Å². The maximum atomic E-state index is 6.16. The Hall–Kier alpha value is -0.520. The third kappa shape index (κ3) is 5.57. The molecule has 0 aromatic carbocycles. The monoisotopic (exact) mass is 296 g/mol. The highest BCUT2D eigenvalue weighted by molar-refractivity contribution is 9.09. The predicted molar refractivity (Wildman–Crippen MR) is 77.2 cm³/mol. The van der Waals surface area contributed by atoms with Crippen LogP contribution in [0.5, 0.6) is 0 Å². The Labute approximate surface area is 113 Å². The van der Waals surface area contributed by atoms with Gasteiger partial charge in [-0.25, -0.2) is 0 Å². The summed E-state index contributed by atoms with van der Waals surface area (Å²) < 4.78 is 6.16. The molecule has 0 amide bonds. The van der Waals surface area contributed by atoms with Gasteiger partial charge < -0.3 is 4.74 Å². The van der Waals surface area contributed by atoms with Gasteiger partial charge in [-0.05, 0) is 38.2 Å². The Morgan fingerprint density at radius 2 is 2.41 bits per heavy atom. The average molecular weight is 297 g/mol. The fourth-order valence-corrected chi connectivity index (χ4v) is 2.70. The van der Waals surface area contributed by atoms with Crippen molar-refractivity contribution in [2.45, 2.75) is 56.1 Å². The second-order valence-electron chi connectivity index (χ2n) is 4.31. The van der Waals surface area contributed by atoms with E-state index in [1.807, 2.05) is 6.08 Å². The van der Waals surface area contributed by atoms with E-state index in [0.29, 0.717) is 10.9 Å². The van der Waals surface area contributed by atoms with Crippen LogP contribution in [0.25, 0.3) is 0 Å². The lowest BCUT2D eigenvalue weighted by atomic mass is 10.1. The minimum Gasteiger partial charge on any atom is -0.373 e. The summed E-state index contributed by atoms with van der Waals surface area (Å²) in [5, 5.41) is 0. The summed E-state index contributed by atoms with van der Waals surface area (Å²) in [7, 11) is 0. The second-order valence-corrected chi connectivity index (χ2v) is 5.37. The lowest BCUT2D eigenvalue weighted by Crippen LogP contribution is -2.27. The minimum atomic E-state index is 0.258. The molecule has 0 saturated heterocycles. The molecule has 0 fully saturated rings. The van der Waals surface area contributed by atoms with Gasteiger partial charge in [0.05, 0.1) is 17.0 Å². The Morgan fingerprint density at radius 1 is 1.59 bits per heavy atom. The molecule has 0 bridgehead atoms. The quantitative estimate of drug-likeness (QED) is 0.430. The molecule has 17 heavy (non-hydrogen) atoms. The zero-order valence-corrected chi connectivity index (χ0v) is 12.0. The van der Waals surface area contributed by atoms with Crippen molar-refractivity contribution >= 4 is 15.9 Å². The van der Waals surface area contributed by atoms with Crippen LogP contribution in [-0.4, -0.2) is 17.0 Å². The Morgan fingerprint density at radius 3 is 3.12 bits per heavy atom. The summed E-state index contributed by atoms with van der Waals surface area (Å²) in [5.74, 6) is 2.52. The lowest BCUT2D eigenvalue weighted by molar-refractivity contribution is -0.0109. The van der Waals surface area contributed by atoms with E-state index in [1.54, 1.807) is 6.08 Å². The summed E-state index contributed by atoms with van der Waals surface area (Å²) in [5.41, 5.74) is 0. The van der Waals surface area contributed by atoms with Crippen molar-refractivity contribution in [2.75, 3.05) is 0 Å². The maximum Gasteiger partial charge on any atom is 0.0736 e. The molecule has 0 radical (unpaired) electrons. The SMILES string of the molecule is C#CC=CCC1CCCC=CC(Br)C(CC)O1. The zero-order chi connectivity index (χ0) is 12.5. The number of alkyl halides is 1. The first-order valence-electron chi connectivity index (χ1n) is 6.35. The number of hydrogen-bond acceptors (Lipinski definition) is 1. The highest BCUT2D eigenvalue weighted by atomic mass is 79.9. The molecule has 1 aliphatic rings. The molecule has 3 unspecified atom stereocenters. The first-order chi connectivity index (χ1) is 8.27. The van der Waals surface area contributed by atoms with E-state index in [-0.39, 0.29) is 6.10 Å². The largest absolute Gasteiger partial charge is 0.373 e. The van der Waals surface area contributed by atoms with Crippen molar-refractivity contribution in [3.63, 3.8) is 0 Å². The summed E-state index contributed by atoms with van der Waals surface area (Å²) in [6, 6.07) is 0. The van der Waals surface area contributed by atoms with Gasteiger partial charge in [0.25, 0.3) is 0 Å². The van der Waals surface area contributed by atoms with E-state index < -0.39 is 0 Å². The molecule has 0 aromatic heterocycles. The number of allylic oxidation sites excluding steroid dienone is 2. The van der Waals surface area contributed by atoms with Crippen LogP contribution in [0.15, 0.2) is 24.3 Å². The highest BCUT2D eigenvalue weighted by Crippen LogP contribution is 2.22. The van der Waals surface area contributed by atoms with Crippen LogP contribution in [0.4, 0.5) is 0 Å². The summed E-state index contributed by atoms with van der Waals surface area (Å²) in [6.07, 6.45) is 19.4. The third-order valence-corrected chi connectivity index (χ3v) is 3.85. The van der Waals surface area contributed by atoms with Gasteiger partial charge in [-0.1, -0.05) is 47.0 Å². The van der Waals surface area contributed by atoms with E-state index >= 15 is 0 Å². The van der Waals surface area contributed by atoms with Crippen LogP contribution in [0.3, 0.4) is 0 Å². The number of terminal acetylenes is 1. The molecule has 0 aliphatic carbocycles. The second kappa shape index (κ2) is 8.55. The molecule has 3 atom stereocenters. The van der Waals surface area contributed by atoms with E-state index in [9.17, 15) is 0 Å². The third-order valence-electron chi connectivity index (χ3n) is 2.95. The molecule has 0 spiro atoms. The number of hydrogen-bond donors (Lipinski definition) is 0. The molecule has 0 saturated carbocycles. The Balaban J connectivity index is 2.59. The summed E-state index contributed by atoms with van der Waals surface area (Å²) in [4.78, 5) is 0.324. The summed E-state index contributed by atoms with van der Waals surface area (Å²) in [6.45, 7) is 2.17. The topological polar surface area (TPSA) is 9.23 Å². The molecule has 0 aromatic rings. The van der Waals surface area contributed by atoms with Gasteiger partial charge in [-0.2, -0.15) is 0 Å². The molecule has 1 aliphatic heterocycles. The maximum absolute atomic E-state index is 6.16. The van der Waals surface area contributed by atoms with Gasteiger partial charge in [-0.15, -0.1) is 6.42 Å². The Bertz CT molecular complexity index is 301. The molecule has 0 N–H and O–H groups in total. The first-order valence-corrected chi connectivity index (χ1v) is 7.26. The van der Waals surface area contributed by atoms with Crippen molar-refractivity contribution in [2.24, 2.45) is 0 Å². The lowest BCUT2D eigenvalue weighted by Gasteiger charge is -2.25. The van der Waals surface area contributed by atoms with E-state index in [2.05, 4.69) is 40.9 Å². The number of ether oxygens (including phenoxy) is 1. The van der Waals surface area contributed by atoms with Crippen molar-refractivity contribution in [3.8, 4) is 12.3 Å². The molecule has 1 rings (SSSR count). The van der Waals surface area contributed by atoms with Crippen LogP contribution >= 0.6 is 15.9 Å². The molecule has 2 heteroatoms. The van der Waals surface area contributed by atoms with Gasteiger partial charge >= 0.3 is 0 Å². The van der Waals surface area contributed by atoms with Crippen LogP contribution in [-0.2, 0) is 4.74 Å². The van der Waals surface area contributed by atoms with E-state index in [4.69, 9.17) is 11.2 Å². The van der Waals surface area contributed by atoms with Gasteiger partial charge in [0.1, 0.15) is 0 Å². The number of halogens is 1. The van der Waals surface area contributed by atoms with Crippen LogP contribution in [0, 0.1) is 12.3 Å². The zero-order valence-electron chi connectivity index (χ0n) is 10.4. The van der Waals surface area contributed by atoms with E-state index in [1.165, 1.54) is 6.42 Å². The highest BCUT2D eigenvalue weighted by Gasteiger charge is 2.20. The Kier molecular flexibility index (Phi) is 7.32. The van der Waals surface area contributed by atoms with Crippen molar-refractivity contribution in [1.82, 2.24) is 0 Å². The molecular formula is C15H21BrO. The molecule has 94 valence electrons. The van der Waals surface area contributed by atoms with Crippen LogP contribution in [0.2, 0.25) is 0 Å². The van der Waals surface area contributed by atoms with Gasteiger partial charge in [0.15, 0.2) is 0 Å². The minimum absolute atomic E-state index is 0.258. The van der Waals surface area contributed by atoms with Gasteiger partial charge in [0, 0.05) is 0 Å². The predicted octanol–water partition coefficient (Wildman–Crippen LogP) is 4.23. The average Bonchev–Trinajstić information content (AvgIpc) is 2.41. The van der Waals surface area contributed by atoms with Gasteiger partial charge in [-0.3, -0.25) is 0 Å². The van der Waals surface area contributed by atoms with Gasteiger partial charge in [0.2, 0.25) is 0 Å². The van der Waals surface area contributed by atoms with Crippen molar-refractivity contribution < 1.29 is 4.74 Å². The fourth-order valence-electron chi connectivity index (χ4n) is 1.99. The summed E-state index contributed by atoms with van der Waals surface area (Å²) >= 11 is 3.68. The first kappa shape index (κ1) is 14.5. The fraction of sp³-hybridized carbons (Fsp3) is 0.600. The van der Waals surface area contributed by atoms with Crippen molar-refractivity contribution in [1.29, 1.82) is 0 Å². The van der Waals surface area contributed by atoms with Crippen LogP contribution in [0.1, 0.15) is 39.0 Å². The smallest absolute Gasteiger partial charge is 0.0736 e. The number of rotatable bonds is 3. The molecule has 1 nitrogen and oxygen atoms in total. The van der Waals surface area contributed by atoms with Crippen molar-refractivity contribution in [3.05, 3.63) is 24.3 Å².